The number of aromatic nitrogens is 1. The summed E-state index contributed by atoms with van der Waals surface area (Å²) < 4.78 is 4.26. The van der Waals surface area contributed by atoms with Gasteiger partial charge in [-0.05, 0) is 6.92 Å². The van der Waals surface area contributed by atoms with Gasteiger partial charge in [-0.3, -0.25) is 4.79 Å². The summed E-state index contributed by atoms with van der Waals surface area (Å²) in [5, 5.41) is 10.1. The summed E-state index contributed by atoms with van der Waals surface area (Å²) in [5.74, 6) is 0.338. The maximum absolute atomic E-state index is 10.2. The van der Waals surface area contributed by atoms with Crippen LogP contribution in [0.4, 0.5) is 0 Å². The Morgan fingerprint density at radius 1 is 1.75 bits per heavy atom. The van der Waals surface area contributed by atoms with Gasteiger partial charge in [0.05, 0.1) is 11.0 Å². The van der Waals surface area contributed by atoms with Gasteiger partial charge in [-0.2, -0.15) is 0 Å². The molecule has 43 valence electrons. The van der Waals surface area contributed by atoms with Crippen LogP contribution < -0.4 is 5.56 Å². The molecule has 1 aromatic rings. The van der Waals surface area contributed by atoms with E-state index in [2.05, 4.69) is 4.52 Å². The van der Waals surface area contributed by atoms with Crippen LogP contribution in [-0.4, -0.2) is 4.90 Å². The highest BCUT2D eigenvalue weighted by atomic mass is 16.7. The molecule has 0 aromatic carbocycles. The van der Waals surface area contributed by atoms with Gasteiger partial charge in [-0.15, -0.1) is 5.21 Å². The van der Waals surface area contributed by atoms with Crippen molar-refractivity contribution < 1.29 is 9.73 Å². The first-order valence-corrected chi connectivity index (χ1v) is 2.07. The van der Waals surface area contributed by atoms with E-state index >= 15 is 0 Å². The maximum atomic E-state index is 10.2. The van der Waals surface area contributed by atoms with Crippen molar-refractivity contribution in [1.82, 2.24) is 4.90 Å². The average Bonchev–Trinajstić information content (AvgIpc) is 1.85. The lowest BCUT2D eigenvalue weighted by Gasteiger charge is -1.73. The van der Waals surface area contributed by atoms with Crippen molar-refractivity contribution >= 4 is 0 Å². The Hall–Kier alpha value is -1.19. The fraction of sp³-hybridized carbons (Fsp3) is 0.250. The molecule has 1 heterocycles. The van der Waals surface area contributed by atoms with Crippen LogP contribution in [0.3, 0.4) is 0 Å². The lowest BCUT2D eigenvalue weighted by Crippen LogP contribution is -2.06. The van der Waals surface area contributed by atoms with Crippen LogP contribution in [0, 0.1) is 6.92 Å². The van der Waals surface area contributed by atoms with Gasteiger partial charge in [-0.25, -0.2) is 0 Å². The first-order chi connectivity index (χ1) is 3.70. The lowest BCUT2D eigenvalue weighted by molar-refractivity contribution is -0.0630. The molecule has 4 nitrogen and oxygen atoms in total. The molecule has 0 aliphatic carbocycles. The average molecular weight is 114 g/mol. The smallest absolute Gasteiger partial charge is 0.327 e. The molecule has 0 aliphatic heterocycles. The second-order valence-corrected chi connectivity index (χ2v) is 1.44. The second kappa shape index (κ2) is 1.40. The minimum absolute atomic E-state index is 0.0602. The van der Waals surface area contributed by atoms with E-state index in [4.69, 9.17) is 0 Å². The molecule has 0 aliphatic rings. The molecule has 0 saturated carbocycles. The summed E-state index contributed by atoms with van der Waals surface area (Å²) >= 11 is 0. The molecule has 1 rings (SSSR count). The zero-order chi connectivity index (χ0) is 6.15. The minimum atomic E-state index is -0.650. The van der Waals surface area contributed by atoms with Gasteiger partial charge in [-0.1, -0.05) is 0 Å². The van der Waals surface area contributed by atoms with Crippen molar-refractivity contribution in [3.63, 3.8) is 0 Å². The van der Waals surface area contributed by atoms with E-state index in [0.29, 0.717) is 5.76 Å². The largest absolute Gasteiger partial charge is 0.344 e. The summed E-state index contributed by atoms with van der Waals surface area (Å²) in [4.78, 5) is 10.1. The van der Waals surface area contributed by atoms with E-state index in [9.17, 15) is 10.0 Å². The van der Waals surface area contributed by atoms with E-state index in [-0.39, 0.29) is 4.90 Å². The SMILES string of the molecule is Cc1cc(=O)n([O])o1. The molecule has 0 unspecified atom stereocenters. The number of hydrogen-bond acceptors (Lipinski definition) is 2. The monoisotopic (exact) mass is 114 g/mol. The third-order valence-electron chi connectivity index (χ3n) is 0.734. The van der Waals surface area contributed by atoms with Gasteiger partial charge >= 0.3 is 5.56 Å². The number of rotatable bonds is 0. The van der Waals surface area contributed by atoms with E-state index < -0.39 is 5.56 Å². The standard InChI is InChI=1S/C4H4NO3/c1-3-2-4(6)5(7)8-3/h2H,1H3. The second-order valence-electron chi connectivity index (χ2n) is 1.44. The van der Waals surface area contributed by atoms with Crippen molar-refractivity contribution in [2.75, 3.05) is 0 Å². The van der Waals surface area contributed by atoms with Crippen molar-refractivity contribution in [3.05, 3.63) is 22.2 Å². The summed E-state index contributed by atoms with van der Waals surface area (Å²) in [6.45, 7) is 1.54. The Morgan fingerprint density at radius 2 is 2.38 bits per heavy atom. The molecule has 1 aromatic heterocycles. The minimum Gasteiger partial charge on any atom is -0.344 e. The van der Waals surface area contributed by atoms with Gasteiger partial charge in [0.15, 0.2) is 0 Å². The van der Waals surface area contributed by atoms with Crippen molar-refractivity contribution in [2.45, 2.75) is 6.92 Å². The van der Waals surface area contributed by atoms with E-state index in [1.165, 1.54) is 6.92 Å². The highest BCUT2D eigenvalue weighted by Crippen LogP contribution is 1.87. The fourth-order valence-corrected chi connectivity index (χ4v) is 0.429. The molecule has 0 atom stereocenters. The molecule has 0 amide bonds. The van der Waals surface area contributed by atoms with Gasteiger partial charge in [0.25, 0.3) is 0 Å². The Bertz CT molecular complexity index is 234. The molecule has 0 fully saturated rings. The first kappa shape index (κ1) is 4.96. The molecule has 8 heavy (non-hydrogen) atoms. The van der Waals surface area contributed by atoms with E-state index in [1.807, 2.05) is 0 Å². The molecule has 0 bridgehead atoms. The van der Waals surface area contributed by atoms with Crippen LogP contribution in [-0.2, 0) is 5.21 Å². The molecule has 1 radical (unpaired) electrons. The molecular weight excluding hydrogens is 110 g/mol. The van der Waals surface area contributed by atoms with Crippen LogP contribution in [0.15, 0.2) is 15.4 Å². The number of nitrogens with zero attached hydrogens (tertiary/aromatic N) is 1. The third kappa shape index (κ3) is 0.598. The predicted octanol–water partition coefficient (Wildman–Crippen LogP) is -0.0567. The normalized spacial score (nSPS) is 9.62. The summed E-state index contributed by atoms with van der Waals surface area (Å²) in [7, 11) is 0. The molecule has 0 spiro atoms. The quantitative estimate of drug-likeness (QED) is 0.474. The van der Waals surface area contributed by atoms with E-state index in [1.54, 1.807) is 0 Å². The zero-order valence-corrected chi connectivity index (χ0v) is 4.25. The van der Waals surface area contributed by atoms with Crippen LogP contribution in [0.2, 0.25) is 0 Å². The number of hydrogen-bond donors (Lipinski definition) is 0. The van der Waals surface area contributed by atoms with Crippen molar-refractivity contribution in [3.8, 4) is 0 Å². The van der Waals surface area contributed by atoms with Crippen LogP contribution in [0.5, 0.6) is 0 Å². The summed E-state index contributed by atoms with van der Waals surface area (Å²) in [5.41, 5.74) is -0.650. The highest BCUT2D eigenvalue weighted by Gasteiger charge is 1.97. The first-order valence-electron chi connectivity index (χ1n) is 2.07. The van der Waals surface area contributed by atoms with Gasteiger partial charge in [0, 0.05) is 0 Å². The van der Waals surface area contributed by atoms with Crippen LogP contribution in [0.1, 0.15) is 5.76 Å². The zero-order valence-electron chi connectivity index (χ0n) is 4.25. The highest BCUT2D eigenvalue weighted by molar-refractivity contribution is 4.89. The third-order valence-corrected chi connectivity index (χ3v) is 0.734. The van der Waals surface area contributed by atoms with Gasteiger partial charge < -0.3 is 4.52 Å². The Morgan fingerprint density at radius 3 is 2.50 bits per heavy atom. The number of aryl methyl sites for hydroxylation is 1. The lowest BCUT2D eigenvalue weighted by atomic mass is 10.5. The molecule has 0 N–H and O–H groups in total. The van der Waals surface area contributed by atoms with Gasteiger partial charge in [0.2, 0.25) is 0 Å². The fourth-order valence-electron chi connectivity index (χ4n) is 0.429. The molecule has 4 heteroatoms. The van der Waals surface area contributed by atoms with Crippen LogP contribution in [0.25, 0.3) is 0 Å². The molecular formula is C4H4NO3. The van der Waals surface area contributed by atoms with Gasteiger partial charge in [0.1, 0.15) is 5.76 Å². The Balaban J connectivity index is 3.35. The van der Waals surface area contributed by atoms with Crippen molar-refractivity contribution in [2.24, 2.45) is 0 Å². The summed E-state index contributed by atoms with van der Waals surface area (Å²) in [6, 6.07) is 1.13. The Labute approximate surface area is 44.9 Å². The van der Waals surface area contributed by atoms with Crippen LogP contribution >= 0.6 is 0 Å². The maximum Gasteiger partial charge on any atom is 0.327 e. The Kier molecular flexibility index (Phi) is 0.865. The van der Waals surface area contributed by atoms with Crippen molar-refractivity contribution in [1.29, 1.82) is 0 Å². The molecule has 0 saturated heterocycles. The topological polar surface area (TPSA) is 55.0 Å². The predicted molar refractivity (Wildman–Crippen MR) is 23.8 cm³/mol. The summed E-state index contributed by atoms with van der Waals surface area (Å²) in [6.07, 6.45) is 0. The van der Waals surface area contributed by atoms with E-state index in [0.717, 1.165) is 6.07 Å².